The molecular formula is C20H18ClN3O5. The number of amides is 4. The number of carbonyl (C=O) groups is 4. The molecule has 1 atom stereocenters. The van der Waals surface area contributed by atoms with Gasteiger partial charge in [-0.25, -0.2) is 4.79 Å². The number of rotatable bonds is 7. The fourth-order valence-corrected chi connectivity index (χ4v) is 3.16. The molecule has 3 N–H and O–H groups in total. The number of urea groups is 1. The van der Waals surface area contributed by atoms with Crippen LogP contribution in [0.3, 0.4) is 0 Å². The van der Waals surface area contributed by atoms with Crippen molar-refractivity contribution < 1.29 is 23.9 Å². The Hall–Kier alpha value is -3.39. The van der Waals surface area contributed by atoms with Crippen molar-refractivity contribution in [2.45, 2.75) is 12.5 Å². The number of nitrogens with two attached hydrogens (primary N) is 1. The average molecular weight is 416 g/mol. The number of fused-ring (bicyclic) bond motifs is 1. The van der Waals surface area contributed by atoms with Gasteiger partial charge in [0.15, 0.2) is 0 Å². The van der Waals surface area contributed by atoms with E-state index in [-0.39, 0.29) is 19.6 Å². The zero-order chi connectivity index (χ0) is 21.0. The van der Waals surface area contributed by atoms with Crippen LogP contribution in [-0.2, 0) is 9.53 Å². The molecule has 0 bridgehead atoms. The smallest absolute Gasteiger partial charge is 0.312 e. The number of hydrogen-bond acceptors (Lipinski definition) is 5. The van der Waals surface area contributed by atoms with Crippen LogP contribution in [0.15, 0.2) is 48.5 Å². The summed E-state index contributed by atoms with van der Waals surface area (Å²) in [7, 11) is 0. The summed E-state index contributed by atoms with van der Waals surface area (Å²) in [6, 6.07) is 11.6. The predicted octanol–water partition coefficient (Wildman–Crippen LogP) is 2.28. The second kappa shape index (κ2) is 8.74. The van der Waals surface area contributed by atoms with Crippen LogP contribution < -0.4 is 11.1 Å². The van der Waals surface area contributed by atoms with Crippen LogP contribution in [0.4, 0.5) is 4.79 Å². The highest BCUT2D eigenvalue weighted by Gasteiger charge is 2.34. The van der Waals surface area contributed by atoms with E-state index in [9.17, 15) is 19.2 Å². The van der Waals surface area contributed by atoms with Crippen LogP contribution in [0.1, 0.15) is 38.7 Å². The quantitative estimate of drug-likeness (QED) is 0.531. The molecule has 0 saturated carbocycles. The Morgan fingerprint density at radius 3 is 2.17 bits per heavy atom. The Morgan fingerprint density at radius 2 is 1.62 bits per heavy atom. The average Bonchev–Trinajstić information content (AvgIpc) is 2.93. The van der Waals surface area contributed by atoms with Crippen LogP contribution in [-0.4, -0.2) is 41.9 Å². The first-order valence-electron chi connectivity index (χ1n) is 8.79. The second-order valence-corrected chi connectivity index (χ2v) is 6.78. The Bertz CT molecular complexity index is 926. The van der Waals surface area contributed by atoms with Gasteiger partial charge in [0.2, 0.25) is 0 Å². The number of nitrogens with one attached hydrogen (secondary N) is 1. The highest BCUT2D eigenvalue weighted by Crippen LogP contribution is 2.22. The molecule has 0 unspecified atom stereocenters. The molecular weight excluding hydrogens is 398 g/mol. The number of hydrogen-bond donors (Lipinski definition) is 2. The Morgan fingerprint density at radius 1 is 1.03 bits per heavy atom. The topological polar surface area (TPSA) is 119 Å². The van der Waals surface area contributed by atoms with Gasteiger partial charge in [-0.05, 0) is 29.8 Å². The summed E-state index contributed by atoms with van der Waals surface area (Å²) in [5.41, 5.74) is 6.47. The van der Waals surface area contributed by atoms with Crippen LogP contribution in [0.5, 0.6) is 0 Å². The number of nitrogens with zero attached hydrogens (tertiary/aromatic N) is 1. The molecule has 150 valence electrons. The number of carbonyl (C=O) groups excluding carboxylic acids is 4. The van der Waals surface area contributed by atoms with Crippen molar-refractivity contribution in [2.24, 2.45) is 5.73 Å². The number of benzene rings is 2. The largest absolute Gasteiger partial charge is 0.464 e. The molecule has 0 radical (unpaired) electrons. The standard InChI is InChI=1S/C20H18ClN3O5/c21-13-7-5-12(6-8-13)16(23-20(22)28)11-17(25)29-10-9-24-18(26)14-3-1-2-4-15(14)19(24)27/h1-8,16H,9-11H2,(H3,22,23,28)/t16-/m1/s1. The van der Waals surface area contributed by atoms with E-state index in [0.717, 1.165) is 4.90 Å². The van der Waals surface area contributed by atoms with E-state index in [1.54, 1.807) is 48.5 Å². The van der Waals surface area contributed by atoms with Gasteiger partial charge in [0, 0.05) is 5.02 Å². The highest BCUT2D eigenvalue weighted by molar-refractivity contribution is 6.30. The van der Waals surface area contributed by atoms with Crippen LogP contribution >= 0.6 is 11.6 Å². The molecule has 1 aliphatic rings. The maximum Gasteiger partial charge on any atom is 0.312 e. The predicted molar refractivity (Wildman–Crippen MR) is 104 cm³/mol. The van der Waals surface area contributed by atoms with E-state index in [2.05, 4.69) is 5.32 Å². The number of esters is 1. The van der Waals surface area contributed by atoms with Gasteiger partial charge in [-0.1, -0.05) is 35.9 Å². The first kappa shape index (κ1) is 20.3. The molecule has 0 aromatic heterocycles. The number of ether oxygens (including phenoxy) is 1. The Balaban J connectivity index is 1.56. The van der Waals surface area contributed by atoms with E-state index in [4.69, 9.17) is 22.1 Å². The molecule has 4 amide bonds. The van der Waals surface area contributed by atoms with E-state index >= 15 is 0 Å². The summed E-state index contributed by atoms with van der Waals surface area (Å²) in [6.45, 7) is -0.221. The molecule has 29 heavy (non-hydrogen) atoms. The highest BCUT2D eigenvalue weighted by atomic mass is 35.5. The van der Waals surface area contributed by atoms with Gasteiger partial charge in [0.05, 0.1) is 30.1 Å². The minimum Gasteiger partial charge on any atom is -0.464 e. The molecule has 0 fully saturated rings. The summed E-state index contributed by atoms with van der Waals surface area (Å²) in [4.78, 5) is 49.1. The molecule has 0 aliphatic carbocycles. The number of halogens is 1. The molecule has 3 rings (SSSR count). The summed E-state index contributed by atoms with van der Waals surface area (Å²) in [5, 5.41) is 2.99. The zero-order valence-corrected chi connectivity index (χ0v) is 16.0. The molecule has 1 aliphatic heterocycles. The summed E-state index contributed by atoms with van der Waals surface area (Å²) in [5.74, 6) is -1.46. The maximum atomic E-state index is 12.3. The van der Waals surface area contributed by atoms with Gasteiger partial charge >= 0.3 is 12.0 Å². The van der Waals surface area contributed by atoms with Crippen molar-refractivity contribution in [3.63, 3.8) is 0 Å². The zero-order valence-electron chi connectivity index (χ0n) is 15.3. The van der Waals surface area contributed by atoms with Crippen molar-refractivity contribution in [1.82, 2.24) is 10.2 Å². The lowest BCUT2D eigenvalue weighted by Crippen LogP contribution is -2.36. The molecule has 0 spiro atoms. The van der Waals surface area contributed by atoms with Crippen molar-refractivity contribution in [3.05, 3.63) is 70.2 Å². The van der Waals surface area contributed by atoms with Gasteiger partial charge in [0.1, 0.15) is 6.61 Å². The third kappa shape index (κ3) is 4.72. The summed E-state index contributed by atoms with van der Waals surface area (Å²) < 4.78 is 5.15. The van der Waals surface area contributed by atoms with Crippen molar-refractivity contribution in [1.29, 1.82) is 0 Å². The van der Waals surface area contributed by atoms with Crippen LogP contribution in [0, 0.1) is 0 Å². The number of primary amides is 1. The van der Waals surface area contributed by atoms with Crippen molar-refractivity contribution >= 4 is 35.4 Å². The molecule has 2 aromatic carbocycles. The van der Waals surface area contributed by atoms with Crippen molar-refractivity contribution in [3.8, 4) is 0 Å². The Labute approximate surface area is 171 Å². The number of imide groups is 1. The normalized spacial score (nSPS) is 13.8. The van der Waals surface area contributed by atoms with E-state index in [0.29, 0.717) is 21.7 Å². The van der Waals surface area contributed by atoms with Crippen molar-refractivity contribution in [2.75, 3.05) is 13.2 Å². The monoisotopic (exact) mass is 415 g/mol. The Kier molecular flexibility index (Phi) is 6.13. The van der Waals surface area contributed by atoms with Gasteiger partial charge in [-0.15, -0.1) is 0 Å². The summed E-state index contributed by atoms with van der Waals surface area (Å²) >= 11 is 5.85. The lowest BCUT2D eigenvalue weighted by Gasteiger charge is -2.18. The molecule has 1 heterocycles. The van der Waals surface area contributed by atoms with Gasteiger partial charge in [-0.3, -0.25) is 19.3 Å². The van der Waals surface area contributed by atoms with Gasteiger partial charge in [0.25, 0.3) is 11.8 Å². The molecule has 9 heteroatoms. The third-order valence-corrected chi connectivity index (χ3v) is 4.67. The first-order valence-corrected chi connectivity index (χ1v) is 9.17. The third-order valence-electron chi connectivity index (χ3n) is 4.42. The summed E-state index contributed by atoms with van der Waals surface area (Å²) in [6.07, 6.45) is -0.174. The minimum atomic E-state index is -0.788. The van der Waals surface area contributed by atoms with Crippen LogP contribution in [0.25, 0.3) is 0 Å². The minimum absolute atomic E-state index is 0.0626. The fraction of sp³-hybridized carbons (Fsp3) is 0.200. The molecule has 0 saturated heterocycles. The van der Waals surface area contributed by atoms with E-state index < -0.39 is 29.9 Å². The van der Waals surface area contributed by atoms with Crippen LogP contribution in [0.2, 0.25) is 5.02 Å². The molecule has 8 nitrogen and oxygen atoms in total. The van der Waals surface area contributed by atoms with Gasteiger partial charge < -0.3 is 15.8 Å². The lowest BCUT2D eigenvalue weighted by atomic mass is 10.0. The maximum absolute atomic E-state index is 12.3. The SMILES string of the molecule is NC(=O)N[C@H](CC(=O)OCCN1C(=O)c2ccccc2C1=O)c1ccc(Cl)cc1. The second-order valence-electron chi connectivity index (χ2n) is 6.34. The lowest BCUT2D eigenvalue weighted by molar-refractivity contribution is -0.144. The van der Waals surface area contributed by atoms with Gasteiger partial charge in [-0.2, -0.15) is 0 Å². The fourth-order valence-electron chi connectivity index (χ4n) is 3.04. The first-order chi connectivity index (χ1) is 13.9. The van der Waals surface area contributed by atoms with E-state index in [1.807, 2.05) is 0 Å². The molecule has 2 aromatic rings. The van der Waals surface area contributed by atoms with E-state index in [1.165, 1.54) is 0 Å².